The van der Waals surface area contributed by atoms with E-state index in [9.17, 15) is 0 Å². The van der Waals surface area contributed by atoms with Gasteiger partial charge in [-0.05, 0) is 37.8 Å². The fourth-order valence-corrected chi connectivity index (χ4v) is 2.38. The van der Waals surface area contributed by atoms with E-state index in [1.165, 1.54) is 0 Å². The van der Waals surface area contributed by atoms with Crippen molar-refractivity contribution >= 4 is 23.2 Å². The van der Waals surface area contributed by atoms with Crippen molar-refractivity contribution in [2.24, 2.45) is 11.8 Å². The van der Waals surface area contributed by atoms with Crippen LogP contribution in [0, 0.1) is 11.8 Å². The zero-order chi connectivity index (χ0) is 9.19. The largest absolute Gasteiger partial charge is 0.316 e. The first kappa shape index (κ1) is 10.6. The fourth-order valence-electron chi connectivity index (χ4n) is 1.51. The van der Waals surface area contributed by atoms with Gasteiger partial charge >= 0.3 is 0 Å². The van der Waals surface area contributed by atoms with Gasteiger partial charge in [-0.2, -0.15) is 0 Å². The van der Waals surface area contributed by atoms with Crippen molar-refractivity contribution in [2.45, 2.75) is 31.0 Å². The lowest BCUT2D eigenvalue weighted by molar-refractivity contribution is 0.278. The topological polar surface area (TPSA) is 12.0 Å². The van der Waals surface area contributed by atoms with Crippen LogP contribution in [0.15, 0.2) is 0 Å². The summed E-state index contributed by atoms with van der Waals surface area (Å²) in [7, 11) is 0. The maximum Gasteiger partial charge on any atom is 0.119 e. The summed E-state index contributed by atoms with van der Waals surface area (Å²) >= 11 is 11.8. The van der Waals surface area contributed by atoms with E-state index >= 15 is 0 Å². The van der Waals surface area contributed by atoms with Crippen LogP contribution < -0.4 is 5.32 Å². The van der Waals surface area contributed by atoms with E-state index in [1.807, 2.05) is 0 Å². The summed E-state index contributed by atoms with van der Waals surface area (Å²) in [5.41, 5.74) is 0. The van der Waals surface area contributed by atoms with E-state index in [-0.39, 0.29) is 0 Å². The Morgan fingerprint density at radius 2 is 2.00 bits per heavy atom. The highest BCUT2D eigenvalue weighted by Gasteiger charge is 2.40. The first-order valence-electron chi connectivity index (χ1n) is 4.58. The van der Waals surface area contributed by atoms with Gasteiger partial charge in [0, 0.05) is 0 Å². The Kier molecular flexibility index (Phi) is 3.69. The van der Waals surface area contributed by atoms with Crippen LogP contribution in [0.4, 0.5) is 0 Å². The van der Waals surface area contributed by atoms with Crippen molar-refractivity contribution in [3.05, 3.63) is 0 Å². The van der Waals surface area contributed by atoms with Crippen LogP contribution in [-0.2, 0) is 0 Å². The van der Waals surface area contributed by atoms with E-state index in [0.717, 1.165) is 31.8 Å². The second kappa shape index (κ2) is 4.17. The maximum absolute atomic E-state index is 5.88. The molecule has 0 aromatic rings. The van der Waals surface area contributed by atoms with Crippen LogP contribution in [0.2, 0.25) is 0 Å². The number of hydrogen-bond acceptors (Lipinski definition) is 1. The van der Waals surface area contributed by atoms with Crippen molar-refractivity contribution < 1.29 is 0 Å². The highest BCUT2D eigenvalue weighted by molar-refractivity contribution is 6.49. The van der Waals surface area contributed by atoms with E-state index in [1.54, 1.807) is 0 Å². The molecule has 1 N–H and O–H groups in total. The van der Waals surface area contributed by atoms with E-state index < -0.39 is 4.33 Å². The second-order valence-electron chi connectivity index (χ2n) is 4.18. The molecule has 0 unspecified atom stereocenters. The number of halogens is 2. The molecule has 1 aliphatic carbocycles. The summed E-state index contributed by atoms with van der Waals surface area (Å²) < 4.78 is -0.413. The van der Waals surface area contributed by atoms with E-state index in [4.69, 9.17) is 23.2 Å². The third-order valence-corrected chi connectivity index (χ3v) is 2.78. The minimum Gasteiger partial charge on any atom is -0.316 e. The minimum absolute atomic E-state index is 0.413. The molecule has 0 radical (unpaired) electrons. The van der Waals surface area contributed by atoms with E-state index in [0.29, 0.717) is 5.92 Å². The molecule has 1 saturated carbocycles. The number of nitrogens with one attached hydrogen (secondary N) is 1. The molecule has 0 amide bonds. The third-order valence-electron chi connectivity index (χ3n) is 2.16. The Morgan fingerprint density at radius 1 is 1.42 bits per heavy atom. The molecular formula is C9H17Cl2N. The van der Waals surface area contributed by atoms with Gasteiger partial charge in [0.1, 0.15) is 4.33 Å². The Hall–Kier alpha value is 0.540. The van der Waals surface area contributed by atoms with Crippen LogP contribution >= 0.6 is 23.2 Å². The van der Waals surface area contributed by atoms with Crippen molar-refractivity contribution in [1.82, 2.24) is 5.32 Å². The highest BCUT2D eigenvalue weighted by atomic mass is 35.5. The monoisotopic (exact) mass is 209 g/mol. The van der Waals surface area contributed by atoms with Crippen LogP contribution in [0.1, 0.15) is 26.7 Å². The molecule has 0 saturated heterocycles. The summed E-state index contributed by atoms with van der Waals surface area (Å²) in [6.07, 6.45) is 1.89. The quantitative estimate of drug-likeness (QED) is 0.703. The lowest BCUT2D eigenvalue weighted by Crippen LogP contribution is -2.40. The van der Waals surface area contributed by atoms with Crippen LogP contribution in [-0.4, -0.2) is 17.4 Å². The molecule has 3 heteroatoms. The molecule has 0 atom stereocenters. The summed E-state index contributed by atoms with van der Waals surface area (Å²) in [5, 5.41) is 3.41. The summed E-state index contributed by atoms with van der Waals surface area (Å²) in [6, 6.07) is 0. The second-order valence-corrected chi connectivity index (χ2v) is 5.82. The Morgan fingerprint density at radius 3 is 2.42 bits per heavy atom. The number of hydrogen-bond donors (Lipinski definition) is 1. The number of alkyl halides is 2. The van der Waals surface area contributed by atoms with Crippen molar-refractivity contribution in [1.29, 1.82) is 0 Å². The fraction of sp³-hybridized carbons (Fsp3) is 1.00. The smallest absolute Gasteiger partial charge is 0.119 e. The van der Waals surface area contributed by atoms with Gasteiger partial charge in [0.25, 0.3) is 0 Å². The molecule has 0 heterocycles. The predicted molar refractivity (Wildman–Crippen MR) is 54.9 cm³/mol. The molecule has 1 fully saturated rings. The average molecular weight is 210 g/mol. The molecule has 1 aliphatic rings. The van der Waals surface area contributed by atoms with Gasteiger partial charge in [0.05, 0.1) is 0 Å². The molecule has 12 heavy (non-hydrogen) atoms. The van der Waals surface area contributed by atoms with Gasteiger partial charge in [0.15, 0.2) is 0 Å². The molecule has 72 valence electrons. The van der Waals surface area contributed by atoms with Gasteiger partial charge in [0.2, 0.25) is 0 Å². The molecule has 0 aromatic carbocycles. The summed E-state index contributed by atoms with van der Waals surface area (Å²) in [6.45, 7) is 6.58. The average Bonchev–Trinajstić information content (AvgIpc) is 1.82. The SMILES string of the molecule is CC(C)CNCC1CC(Cl)(Cl)C1. The van der Waals surface area contributed by atoms with Crippen LogP contribution in [0.3, 0.4) is 0 Å². The van der Waals surface area contributed by atoms with Gasteiger partial charge < -0.3 is 5.32 Å². The van der Waals surface area contributed by atoms with Gasteiger partial charge in [-0.3, -0.25) is 0 Å². The Bertz CT molecular complexity index is 137. The molecule has 0 spiro atoms. The lowest BCUT2D eigenvalue weighted by atomic mass is 9.84. The molecular weight excluding hydrogens is 193 g/mol. The molecule has 1 rings (SSSR count). The standard InChI is InChI=1S/C9H17Cl2N/c1-7(2)5-12-6-8-3-9(10,11)4-8/h7-8,12H,3-6H2,1-2H3. The molecule has 1 nitrogen and oxygen atoms in total. The molecule has 0 bridgehead atoms. The van der Waals surface area contributed by atoms with Crippen molar-refractivity contribution in [3.8, 4) is 0 Å². The van der Waals surface area contributed by atoms with Gasteiger partial charge in [-0.1, -0.05) is 13.8 Å². The summed E-state index contributed by atoms with van der Waals surface area (Å²) in [4.78, 5) is 0. The van der Waals surface area contributed by atoms with E-state index in [2.05, 4.69) is 19.2 Å². The molecule has 0 aromatic heterocycles. The van der Waals surface area contributed by atoms with Crippen molar-refractivity contribution in [2.75, 3.05) is 13.1 Å². The highest BCUT2D eigenvalue weighted by Crippen LogP contribution is 2.46. The number of rotatable bonds is 4. The Labute approximate surface area is 84.8 Å². The third kappa shape index (κ3) is 3.51. The minimum atomic E-state index is -0.413. The maximum atomic E-state index is 5.88. The first-order valence-corrected chi connectivity index (χ1v) is 5.34. The van der Waals surface area contributed by atoms with Crippen molar-refractivity contribution in [3.63, 3.8) is 0 Å². The predicted octanol–water partition coefficient (Wildman–Crippen LogP) is 2.82. The molecule has 0 aliphatic heterocycles. The lowest BCUT2D eigenvalue weighted by Gasteiger charge is -2.38. The summed E-state index contributed by atoms with van der Waals surface area (Å²) in [5.74, 6) is 1.42. The van der Waals surface area contributed by atoms with Crippen LogP contribution in [0.5, 0.6) is 0 Å². The zero-order valence-corrected chi connectivity index (χ0v) is 9.25. The van der Waals surface area contributed by atoms with Gasteiger partial charge in [-0.15, -0.1) is 23.2 Å². The zero-order valence-electron chi connectivity index (χ0n) is 7.74. The normalized spacial score (nSPS) is 22.8. The van der Waals surface area contributed by atoms with Crippen LogP contribution in [0.25, 0.3) is 0 Å². The van der Waals surface area contributed by atoms with Gasteiger partial charge in [-0.25, -0.2) is 0 Å². The Balaban J connectivity index is 1.97. The first-order chi connectivity index (χ1) is 5.49.